The van der Waals surface area contributed by atoms with E-state index in [1.54, 1.807) is 12.1 Å². The van der Waals surface area contributed by atoms with Gasteiger partial charge in [-0.15, -0.1) is 0 Å². The summed E-state index contributed by atoms with van der Waals surface area (Å²) in [5.74, 6) is -0.308. The van der Waals surface area contributed by atoms with Crippen molar-refractivity contribution in [2.45, 2.75) is 25.7 Å². The Bertz CT molecular complexity index is 624. The van der Waals surface area contributed by atoms with Gasteiger partial charge in [0.25, 0.3) is 0 Å². The molecule has 1 atom stereocenters. The molecule has 0 fully saturated rings. The molecule has 0 bridgehead atoms. The molecule has 0 amide bonds. The smallest absolute Gasteiger partial charge is 0.127 e. The molecule has 1 heterocycles. The van der Waals surface area contributed by atoms with Gasteiger partial charge < -0.3 is 10.5 Å². The summed E-state index contributed by atoms with van der Waals surface area (Å²) >= 11 is 6.04. The van der Waals surface area contributed by atoms with E-state index in [0.29, 0.717) is 30.2 Å². The van der Waals surface area contributed by atoms with E-state index in [1.807, 2.05) is 18.2 Å². The van der Waals surface area contributed by atoms with Crippen molar-refractivity contribution < 1.29 is 9.13 Å². The van der Waals surface area contributed by atoms with Crippen LogP contribution in [0.4, 0.5) is 4.39 Å². The molecule has 1 unspecified atom stereocenters. The Hall–Kier alpha value is -1.42. The normalized spacial score (nSPS) is 15.2. The third-order valence-corrected chi connectivity index (χ3v) is 4.01. The minimum atomic E-state index is -0.308. The molecule has 2 aromatic rings. The summed E-state index contributed by atoms with van der Waals surface area (Å²) in [5, 5.41) is 0.421. The Morgan fingerprint density at radius 3 is 2.80 bits per heavy atom. The Labute approximate surface area is 122 Å². The molecule has 2 aromatic carbocycles. The molecule has 0 aromatic heterocycles. The molecular formula is C16H15ClFNO. The monoisotopic (exact) mass is 291 g/mol. The van der Waals surface area contributed by atoms with Crippen molar-refractivity contribution >= 4 is 11.6 Å². The minimum Gasteiger partial charge on any atom is -0.372 e. The Morgan fingerprint density at radius 1 is 1.20 bits per heavy atom. The third-order valence-electron chi connectivity index (χ3n) is 3.66. The minimum absolute atomic E-state index is 0.282. The number of fused-ring (bicyclic) bond motifs is 1. The quantitative estimate of drug-likeness (QED) is 0.935. The van der Waals surface area contributed by atoms with E-state index in [-0.39, 0.29) is 11.9 Å². The zero-order chi connectivity index (χ0) is 14.1. The zero-order valence-corrected chi connectivity index (χ0v) is 11.7. The van der Waals surface area contributed by atoms with Gasteiger partial charge in [0.15, 0.2) is 0 Å². The average molecular weight is 292 g/mol. The number of halogens is 2. The predicted molar refractivity (Wildman–Crippen MR) is 77.0 cm³/mol. The van der Waals surface area contributed by atoms with Crippen molar-refractivity contribution in [1.82, 2.24) is 0 Å². The first kappa shape index (κ1) is 13.6. The Kier molecular flexibility index (Phi) is 3.74. The fourth-order valence-corrected chi connectivity index (χ4v) is 2.73. The molecule has 1 aliphatic heterocycles. The second kappa shape index (κ2) is 5.52. The van der Waals surface area contributed by atoms with Crippen molar-refractivity contribution in [1.29, 1.82) is 0 Å². The second-order valence-electron chi connectivity index (χ2n) is 5.03. The third kappa shape index (κ3) is 2.57. The highest BCUT2D eigenvalue weighted by atomic mass is 35.5. The van der Waals surface area contributed by atoms with Crippen LogP contribution in [-0.4, -0.2) is 0 Å². The summed E-state index contributed by atoms with van der Waals surface area (Å²) in [6, 6.07) is 10.5. The summed E-state index contributed by atoms with van der Waals surface area (Å²) in [7, 11) is 0. The van der Waals surface area contributed by atoms with Gasteiger partial charge in [0.05, 0.1) is 13.2 Å². The standard InChI is InChI=1S/C16H15ClFNO/c17-14-2-1-3-15(18)13(14)7-16(19)10-4-5-11-8-20-9-12(11)6-10/h1-6,16H,7-9,19H2. The zero-order valence-electron chi connectivity index (χ0n) is 10.9. The molecule has 0 spiro atoms. The van der Waals surface area contributed by atoms with Crippen LogP contribution in [0.1, 0.15) is 28.3 Å². The van der Waals surface area contributed by atoms with Crippen LogP contribution >= 0.6 is 11.6 Å². The topological polar surface area (TPSA) is 35.2 Å². The maximum absolute atomic E-state index is 13.8. The van der Waals surface area contributed by atoms with Crippen LogP contribution in [0.15, 0.2) is 36.4 Å². The lowest BCUT2D eigenvalue weighted by Gasteiger charge is -2.15. The van der Waals surface area contributed by atoms with Crippen molar-refractivity contribution in [3.63, 3.8) is 0 Å². The fraction of sp³-hybridized carbons (Fsp3) is 0.250. The van der Waals surface area contributed by atoms with E-state index in [9.17, 15) is 4.39 Å². The van der Waals surface area contributed by atoms with E-state index in [4.69, 9.17) is 22.1 Å². The molecule has 4 heteroatoms. The van der Waals surface area contributed by atoms with E-state index >= 15 is 0 Å². The van der Waals surface area contributed by atoms with Gasteiger partial charge in [-0.3, -0.25) is 0 Å². The van der Waals surface area contributed by atoms with Crippen molar-refractivity contribution in [2.24, 2.45) is 5.73 Å². The molecule has 0 saturated carbocycles. The molecule has 0 radical (unpaired) electrons. The summed E-state index contributed by atoms with van der Waals surface area (Å²) in [6.07, 6.45) is 0.380. The van der Waals surface area contributed by atoms with Gasteiger partial charge in [0.2, 0.25) is 0 Å². The summed E-state index contributed by atoms with van der Waals surface area (Å²) in [4.78, 5) is 0. The SMILES string of the molecule is NC(Cc1c(F)cccc1Cl)c1ccc2c(c1)COC2. The van der Waals surface area contributed by atoms with Crippen LogP contribution in [-0.2, 0) is 24.4 Å². The van der Waals surface area contributed by atoms with Crippen molar-refractivity contribution in [3.8, 4) is 0 Å². The molecule has 104 valence electrons. The molecule has 1 aliphatic rings. The first-order valence-electron chi connectivity index (χ1n) is 6.53. The first-order valence-corrected chi connectivity index (χ1v) is 6.91. The number of hydrogen-bond acceptors (Lipinski definition) is 2. The number of nitrogens with two attached hydrogens (primary N) is 1. The van der Waals surface area contributed by atoms with Crippen LogP contribution < -0.4 is 5.73 Å². The Balaban J connectivity index is 1.84. The number of rotatable bonds is 3. The summed E-state index contributed by atoms with van der Waals surface area (Å²) in [5.41, 5.74) is 10.0. The van der Waals surface area contributed by atoms with Crippen LogP contribution in [0.25, 0.3) is 0 Å². The molecule has 0 saturated heterocycles. The lowest BCUT2D eigenvalue weighted by Crippen LogP contribution is -2.15. The van der Waals surface area contributed by atoms with Crippen molar-refractivity contribution in [3.05, 3.63) is 69.5 Å². The maximum atomic E-state index is 13.8. The van der Waals surface area contributed by atoms with Gasteiger partial charge in [-0.2, -0.15) is 0 Å². The number of benzene rings is 2. The molecule has 2 N–H and O–H groups in total. The maximum Gasteiger partial charge on any atom is 0.127 e. The fourth-order valence-electron chi connectivity index (χ4n) is 2.49. The van der Waals surface area contributed by atoms with Gasteiger partial charge in [-0.1, -0.05) is 35.9 Å². The van der Waals surface area contributed by atoms with Crippen LogP contribution in [0.5, 0.6) is 0 Å². The van der Waals surface area contributed by atoms with E-state index in [0.717, 1.165) is 11.1 Å². The first-order chi connectivity index (χ1) is 9.65. The Morgan fingerprint density at radius 2 is 2.00 bits per heavy atom. The summed E-state index contributed by atoms with van der Waals surface area (Å²) < 4.78 is 19.2. The van der Waals surface area contributed by atoms with Gasteiger partial charge in [-0.25, -0.2) is 4.39 Å². The average Bonchev–Trinajstić information content (AvgIpc) is 2.90. The lowest BCUT2D eigenvalue weighted by atomic mass is 9.96. The lowest BCUT2D eigenvalue weighted by molar-refractivity contribution is 0.134. The highest BCUT2D eigenvalue weighted by molar-refractivity contribution is 6.31. The molecule has 2 nitrogen and oxygen atoms in total. The predicted octanol–water partition coefficient (Wildman–Crippen LogP) is 3.75. The van der Waals surface area contributed by atoms with Crippen LogP contribution in [0.3, 0.4) is 0 Å². The highest BCUT2D eigenvalue weighted by Crippen LogP contribution is 2.27. The van der Waals surface area contributed by atoms with Gasteiger partial charge in [0, 0.05) is 16.6 Å². The van der Waals surface area contributed by atoms with E-state index in [2.05, 4.69) is 0 Å². The largest absolute Gasteiger partial charge is 0.372 e. The number of ether oxygens (including phenoxy) is 1. The van der Waals surface area contributed by atoms with Gasteiger partial charge >= 0.3 is 0 Å². The van der Waals surface area contributed by atoms with Gasteiger partial charge in [-0.05, 0) is 35.2 Å². The highest BCUT2D eigenvalue weighted by Gasteiger charge is 2.16. The van der Waals surface area contributed by atoms with Gasteiger partial charge in [0.1, 0.15) is 5.82 Å². The van der Waals surface area contributed by atoms with Crippen LogP contribution in [0.2, 0.25) is 5.02 Å². The molecule has 20 heavy (non-hydrogen) atoms. The second-order valence-corrected chi connectivity index (χ2v) is 5.44. The van der Waals surface area contributed by atoms with Crippen molar-refractivity contribution in [2.75, 3.05) is 0 Å². The van der Waals surface area contributed by atoms with E-state index < -0.39 is 0 Å². The molecule has 3 rings (SSSR count). The van der Waals surface area contributed by atoms with E-state index in [1.165, 1.54) is 11.6 Å². The van der Waals surface area contributed by atoms with Crippen LogP contribution in [0, 0.1) is 5.82 Å². The molecular weight excluding hydrogens is 277 g/mol. The molecule has 0 aliphatic carbocycles. The summed E-state index contributed by atoms with van der Waals surface area (Å²) in [6.45, 7) is 1.28. The number of hydrogen-bond donors (Lipinski definition) is 1.